The molecule has 0 aliphatic carbocycles. The van der Waals surface area contributed by atoms with Gasteiger partial charge in [-0.15, -0.1) is 0 Å². The lowest BCUT2D eigenvalue weighted by Crippen LogP contribution is -2.36. The SMILES string of the molecule is CN(C)CCN(Cc1cnc[nH]1)C(=O)CCc1cccc(Cl)c1. The largest absolute Gasteiger partial charge is 0.347 e. The number of amides is 1. The Morgan fingerprint density at radius 2 is 2.13 bits per heavy atom. The van der Waals surface area contributed by atoms with E-state index in [9.17, 15) is 4.79 Å². The molecule has 1 amide bonds. The van der Waals surface area contributed by atoms with Gasteiger partial charge in [0.05, 0.1) is 18.6 Å². The van der Waals surface area contributed by atoms with E-state index in [4.69, 9.17) is 11.6 Å². The van der Waals surface area contributed by atoms with Crippen molar-refractivity contribution in [1.82, 2.24) is 19.8 Å². The van der Waals surface area contributed by atoms with Crippen LogP contribution in [0.4, 0.5) is 0 Å². The van der Waals surface area contributed by atoms with Crippen LogP contribution >= 0.6 is 11.6 Å². The second-order valence-corrected chi connectivity index (χ2v) is 6.26. The maximum Gasteiger partial charge on any atom is 0.223 e. The summed E-state index contributed by atoms with van der Waals surface area (Å²) in [6, 6.07) is 7.66. The van der Waals surface area contributed by atoms with Crippen molar-refractivity contribution in [3.63, 3.8) is 0 Å². The lowest BCUT2D eigenvalue weighted by molar-refractivity contribution is -0.132. The van der Waals surface area contributed by atoms with E-state index >= 15 is 0 Å². The average Bonchev–Trinajstić information content (AvgIpc) is 3.02. The predicted octanol–water partition coefficient (Wildman–Crippen LogP) is 2.59. The van der Waals surface area contributed by atoms with Crippen LogP contribution in [0, 0.1) is 0 Å². The zero-order chi connectivity index (χ0) is 16.7. The van der Waals surface area contributed by atoms with Crippen molar-refractivity contribution in [2.24, 2.45) is 0 Å². The predicted molar refractivity (Wildman–Crippen MR) is 92.3 cm³/mol. The lowest BCUT2D eigenvalue weighted by Gasteiger charge is -2.24. The fourth-order valence-electron chi connectivity index (χ4n) is 2.29. The molecule has 0 fully saturated rings. The van der Waals surface area contributed by atoms with Crippen LogP contribution in [0.25, 0.3) is 0 Å². The number of carbonyl (C=O) groups is 1. The highest BCUT2D eigenvalue weighted by molar-refractivity contribution is 6.30. The Bertz CT molecular complexity index is 613. The van der Waals surface area contributed by atoms with Crippen molar-refractivity contribution < 1.29 is 4.79 Å². The molecule has 1 heterocycles. The van der Waals surface area contributed by atoms with Crippen molar-refractivity contribution in [1.29, 1.82) is 0 Å². The topological polar surface area (TPSA) is 52.2 Å². The van der Waals surface area contributed by atoms with Gasteiger partial charge in [-0.1, -0.05) is 23.7 Å². The Hall–Kier alpha value is -1.85. The third-order valence-corrected chi connectivity index (χ3v) is 3.84. The van der Waals surface area contributed by atoms with Gasteiger partial charge in [0.1, 0.15) is 0 Å². The van der Waals surface area contributed by atoms with Crippen LogP contribution in [-0.4, -0.2) is 52.9 Å². The summed E-state index contributed by atoms with van der Waals surface area (Å²) in [5, 5.41) is 0.705. The van der Waals surface area contributed by atoms with Gasteiger partial charge < -0.3 is 14.8 Å². The number of benzene rings is 1. The third kappa shape index (κ3) is 6.04. The van der Waals surface area contributed by atoms with Crippen LogP contribution in [0.3, 0.4) is 0 Å². The van der Waals surface area contributed by atoms with Gasteiger partial charge in [0.2, 0.25) is 5.91 Å². The molecule has 6 heteroatoms. The first-order valence-electron chi connectivity index (χ1n) is 7.69. The van der Waals surface area contributed by atoms with E-state index in [0.717, 1.165) is 17.8 Å². The number of aryl methyl sites for hydroxylation is 1. The van der Waals surface area contributed by atoms with Crippen LogP contribution in [0.5, 0.6) is 0 Å². The Balaban J connectivity index is 1.94. The molecule has 0 saturated heterocycles. The van der Waals surface area contributed by atoms with Gasteiger partial charge in [-0.2, -0.15) is 0 Å². The van der Waals surface area contributed by atoms with Gasteiger partial charge in [-0.3, -0.25) is 4.79 Å². The number of H-pyrrole nitrogens is 1. The maximum atomic E-state index is 12.6. The third-order valence-electron chi connectivity index (χ3n) is 3.60. The summed E-state index contributed by atoms with van der Waals surface area (Å²) >= 11 is 5.99. The summed E-state index contributed by atoms with van der Waals surface area (Å²) in [5.41, 5.74) is 2.03. The number of carbonyl (C=O) groups excluding carboxylic acids is 1. The van der Waals surface area contributed by atoms with Gasteiger partial charge in [0.25, 0.3) is 0 Å². The smallest absolute Gasteiger partial charge is 0.223 e. The second kappa shape index (κ2) is 8.70. The van der Waals surface area contributed by atoms with E-state index in [1.165, 1.54) is 0 Å². The number of hydrogen-bond acceptors (Lipinski definition) is 3. The average molecular weight is 335 g/mol. The van der Waals surface area contributed by atoms with Crippen LogP contribution in [-0.2, 0) is 17.8 Å². The molecule has 0 atom stereocenters. The first kappa shape index (κ1) is 17.5. The molecule has 1 aromatic carbocycles. The maximum absolute atomic E-state index is 12.6. The van der Waals surface area contributed by atoms with E-state index < -0.39 is 0 Å². The van der Waals surface area contributed by atoms with Crippen molar-refractivity contribution in [3.8, 4) is 0 Å². The first-order valence-corrected chi connectivity index (χ1v) is 8.06. The summed E-state index contributed by atoms with van der Waals surface area (Å²) in [6.45, 7) is 2.08. The monoisotopic (exact) mass is 334 g/mol. The zero-order valence-corrected chi connectivity index (χ0v) is 14.4. The van der Waals surface area contributed by atoms with Gasteiger partial charge in [0.15, 0.2) is 0 Å². The van der Waals surface area contributed by atoms with Crippen LogP contribution < -0.4 is 0 Å². The minimum atomic E-state index is 0.140. The molecule has 0 aliphatic heterocycles. The van der Waals surface area contributed by atoms with Crippen LogP contribution in [0.15, 0.2) is 36.8 Å². The number of likely N-dealkylation sites (N-methyl/N-ethyl adjacent to an activating group) is 1. The molecular weight excluding hydrogens is 312 g/mol. The summed E-state index contributed by atoms with van der Waals surface area (Å²) < 4.78 is 0. The van der Waals surface area contributed by atoms with Crippen molar-refractivity contribution in [3.05, 3.63) is 53.1 Å². The first-order chi connectivity index (χ1) is 11.0. The van der Waals surface area contributed by atoms with Gasteiger partial charge in [-0.05, 0) is 38.2 Å². The second-order valence-electron chi connectivity index (χ2n) is 5.83. The Morgan fingerprint density at radius 1 is 1.30 bits per heavy atom. The minimum absolute atomic E-state index is 0.140. The Kier molecular flexibility index (Phi) is 6.62. The Morgan fingerprint density at radius 3 is 2.78 bits per heavy atom. The number of aromatic nitrogens is 2. The molecule has 1 aromatic heterocycles. The van der Waals surface area contributed by atoms with E-state index in [0.29, 0.717) is 31.0 Å². The summed E-state index contributed by atoms with van der Waals surface area (Å²) in [6.07, 6.45) is 4.56. The number of rotatable bonds is 8. The molecule has 2 aromatic rings. The normalized spacial score (nSPS) is 11.0. The highest BCUT2D eigenvalue weighted by atomic mass is 35.5. The molecule has 0 saturated carbocycles. The number of halogens is 1. The molecule has 23 heavy (non-hydrogen) atoms. The van der Waals surface area contributed by atoms with Crippen molar-refractivity contribution >= 4 is 17.5 Å². The standard InChI is InChI=1S/C17H23ClN4O/c1-21(2)8-9-22(12-16-11-19-13-20-16)17(23)7-6-14-4-3-5-15(18)10-14/h3-5,10-11,13H,6-9,12H2,1-2H3,(H,19,20). The van der Waals surface area contributed by atoms with Gasteiger partial charge >= 0.3 is 0 Å². The van der Waals surface area contributed by atoms with Gasteiger partial charge in [0, 0.05) is 30.7 Å². The number of hydrogen-bond donors (Lipinski definition) is 1. The van der Waals surface area contributed by atoms with E-state index in [1.54, 1.807) is 12.5 Å². The molecule has 0 aliphatic rings. The lowest BCUT2D eigenvalue weighted by atomic mass is 10.1. The molecule has 5 nitrogen and oxygen atoms in total. The highest BCUT2D eigenvalue weighted by Crippen LogP contribution is 2.13. The fourth-order valence-corrected chi connectivity index (χ4v) is 2.50. The molecule has 0 spiro atoms. The summed E-state index contributed by atoms with van der Waals surface area (Å²) in [4.78, 5) is 23.6. The molecule has 0 bridgehead atoms. The fraction of sp³-hybridized carbons (Fsp3) is 0.412. The molecule has 0 unspecified atom stereocenters. The molecule has 2 rings (SSSR count). The number of aromatic amines is 1. The van der Waals surface area contributed by atoms with E-state index in [-0.39, 0.29) is 5.91 Å². The minimum Gasteiger partial charge on any atom is -0.347 e. The van der Waals surface area contributed by atoms with Crippen molar-refractivity contribution in [2.75, 3.05) is 27.2 Å². The molecule has 1 N–H and O–H groups in total. The van der Waals surface area contributed by atoms with Crippen LogP contribution in [0.1, 0.15) is 17.7 Å². The zero-order valence-electron chi connectivity index (χ0n) is 13.6. The quantitative estimate of drug-likeness (QED) is 0.807. The molecule has 124 valence electrons. The highest BCUT2D eigenvalue weighted by Gasteiger charge is 2.15. The molecule has 0 radical (unpaired) electrons. The number of nitrogens with zero attached hydrogens (tertiary/aromatic N) is 3. The van der Waals surface area contributed by atoms with Crippen LogP contribution in [0.2, 0.25) is 5.02 Å². The van der Waals surface area contributed by atoms with Crippen molar-refractivity contribution in [2.45, 2.75) is 19.4 Å². The number of nitrogens with one attached hydrogen (secondary N) is 1. The number of imidazole rings is 1. The molecular formula is C17H23ClN4O. The van der Waals surface area contributed by atoms with E-state index in [1.807, 2.05) is 43.3 Å². The summed E-state index contributed by atoms with van der Waals surface area (Å²) in [5.74, 6) is 0.140. The van der Waals surface area contributed by atoms with Gasteiger partial charge in [-0.25, -0.2) is 4.98 Å². The van der Waals surface area contributed by atoms with E-state index in [2.05, 4.69) is 14.9 Å². The Labute approximate surface area is 142 Å². The summed E-state index contributed by atoms with van der Waals surface area (Å²) in [7, 11) is 4.01.